The molecule has 0 spiro atoms. The topological polar surface area (TPSA) is 85.2 Å². The van der Waals surface area contributed by atoms with Gasteiger partial charge in [0, 0.05) is 32.5 Å². The van der Waals surface area contributed by atoms with Crippen LogP contribution in [0.25, 0.3) is 0 Å². The fourth-order valence-corrected chi connectivity index (χ4v) is 12.4. The second-order valence-corrected chi connectivity index (χ2v) is 20.1. The number of aryl methyl sites for hydroxylation is 1. The van der Waals surface area contributed by atoms with E-state index in [0.29, 0.717) is 10.8 Å². The molecule has 1 aromatic carbocycles. The largest absolute Gasteiger partial charge is 0.676 e. The third kappa shape index (κ3) is 7.23. The first-order valence-electron chi connectivity index (χ1n) is 16.6. The monoisotopic (exact) mass is 784 g/mol. The van der Waals surface area contributed by atoms with Crippen LogP contribution < -0.4 is 0 Å². The molecular weight excluding hydrogens is 728 g/mol. The van der Waals surface area contributed by atoms with Crippen LogP contribution in [0.2, 0.25) is 0 Å². The first-order valence-corrected chi connectivity index (χ1v) is 21.2. The van der Waals surface area contributed by atoms with Crippen molar-refractivity contribution in [1.82, 2.24) is 0 Å². The van der Waals surface area contributed by atoms with E-state index in [-0.39, 0.29) is 5.41 Å². The third-order valence-corrected chi connectivity index (χ3v) is 16.1. The van der Waals surface area contributed by atoms with Crippen LogP contribution in [0.15, 0.2) is 12.1 Å². The smallest absolute Gasteiger partial charge is 0.507 e. The molecule has 8 heteroatoms. The molecule has 8 saturated carbocycles. The minimum absolute atomic E-state index is 0.187. The van der Waals surface area contributed by atoms with Crippen molar-refractivity contribution >= 4 is 13.4 Å². The van der Waals surface area contributed by atoms with Gasteiger partial charge in [-0.25, -0.2) is 0 Å². The van der Waals surface area contributed by atoms with Crippen molar-refractivity contribution in [2.45, 2.75) is 116 Å². The Bertz CT molecular complexity index is 1050. The van der Waals surface area contributed by atoms with E-state index in [9.17, 15) is 8.50 Å². The van der Waals surface area contributed by atoms with E-state index in [4.69, 9.17) is 4.80 Å². The van der Waals surface area contributed by atoms with Crippen LogP contribution in [0.3, 0.4) is 0 Å². The van der Waals surface area contributed by atoms with Gasteiger partial charge in [-0.1, -0.05) is 17.7 Å². The van der Waals surface area contributed by atoms with Crippen LogP contribution in [0.4, 0.5) is 0 Å². The molecule has 0 heterocycles. The fraction of sp³-hybridized carbons (Fsp3) is 0.800. The van der Waals surface area contributed by atoms with Gasteiger partial charge in [0.05, 0.1) is 0 Å². The molecule has 242 valence electrons. The summed E-state index contributed by atoms with van der Waals surface area (Å²) < 4.78 is 25.4. The number of rotatable bonds is 5. The molecule has 1 aromatic rings. The Morgan fingerprint density at radius 3 is 1.23 bits per heavy atom. The number of phenols is 1. The minimum atomic E-state index is -3.17. The zero-order chi connectivity index (χ0) is 31.2. The van der Waals surface area contributed by atoms with Crippen LogP contribution in [-0.4, -0.2) is 44.7 Å². The van der Waals surface area contributed by atoms with Gasteiger partial charge in [0.1, 0.15) is 5.75 Å². The summed E-state index contributed by atoms with van der Waals surface area (Å²) in [6.45, 7) is 8.48. The van der Waals surface area contributed by atoms with Crippen LogP contribution in [0.1, 0.15) is 115 Å². The standard InChI is InChI=1S/C27H36O.C5H10.C3H10O4Si.O.W/c1-16-2-23(26-10-17-4-18(11-26)6-19(5-17)12-26)25(28)24(3-16)27-13-20-7-21(14-27)9-22(8-20)15-27;1-5(2,3)4;1-5-8(4,6-2)7-3;;/h2-3,17-22,28H,4-15H2,1H3;1H,2-4H3;4H,1-3H3;;. The van der Waals surface area contributed by atoms with Crippen molar-refractivity contribution in [3.05, 3.63) is 28.8 Å². The van der Waals surface area contributed by atoms with E-state index in [1.807, 2.05) is 4.40 Å². The van der Waals surface area contributed by atoms with Crippen molar-refractivity contribution in [3.8, 4) is 5.75 Å². The van der Waals surface area contributed by atoms with Gasteiger partial charge in [0.2, 0.25) is 0 Å². The average molecular weight is 785 g/mol. The van der Waals surface area contributed by atoms with Crippen LogP contribution in [0.5, 0.6) is 5.75 Å². The molecule has 0 aliphatic heterocycles. The summed E-state index contributed by atoms with van der Waals surface area (Å²) in [6, 6.07) is 4.82. The predicted octanol–water partition coefficient (Wildman–Crippen LogP) is 7.25. The van der Waals surface area contributed by atoms with Gasteiger partial charge in [-0.3, -0.25) is 0 Å². The maximum absolute atomic E-state index is 11.8. The molecule has 43 heavy (non-hydrogen) atoms. The summed E-state index contributed by atoms with van der Waals surface area (Å²) in [7, 11) is 0.826. The quantitative estimate of drug-likeness (QED) is 0.306. The average Bonchev–Trinajstić information content (AvgIpc) is 2.92. The molecular formula is C35H56O6SiW. The number of phenolic OH excluding ortho intramolecular Hbond substituents is 1. The van der Waals surface area contributed by atoms with E-state index in [2.05, 4.69) is 53.1 Å². The van der Waals surface area contributed by atoms with E-state index in [0.717, 1.165) is 41.3 Å². The normalized spacial score (nSPS) is 36.8. The Morgan fingerprint density at radius 2 is 1.05 bits per heavy atom. The Morgan fingerprint density at radius 1 is 0.744 bits per heavy atom. The first kappa shape index (κ1) is 33.8. The molecule has 8 bridgehead atoms. The summed E-state index contributed by atoms with van der Waals surface area (Å²) in [4.78, 5) is 8.91. The van der Waals surface area contributed by atoms with E-state index >= 15 is 0 Å². The van der Waals surface area contributed by atoms with Gasteiger partial charge >= 0.3 is 61.1 Å². The fourth-order valence-electron chi connectivity index (χ4n) is 10.9. The molecule has 0 amide bonds. The Balaban J connectivity index is 0.000000206. The van der Waals surface area contributed by atoms with E-state index < -0.39 is 27.1 Å². The second-order valence-electron chi connectivity index (χ2n) is 16.3. The van der Waals surface area contributed by atoms with Gasteiger partial charge in [-0.15, -0.1) is 0 Å². The van der Waals surface area contributed by atoms with Crippen molar-refractivity contribution in [2.75, 3.05) is 21.3 Å². The predicted molar refractivity (Wildman–Crippen MR) is 168 cm³/mol. The number of benzene rings is 1. The first-order chi connectivity index (χ1) is 20.2. The zero-order valence-corrected chi connectivity index (χ0v) is 31.6. The summed E-state index contributed by atoms with van der Waals surface area (Å²) in [6.07, 6.45) is 17.0. The van der Waals surface area contributed by atoms with Crippen LogP contribution >= 0.6 is 0 Å². The van der Waals surface area contributed by atoms with Crippen molar-refractivity contribution in [3.63, 3.8) is 0 Å². The third-order valence-electron chi connectivity index (χ3n) is 11.6. The SMILES string of the molecule is CC(C)(C)[CH]=[W]=[O].CO[Si](O)(OC)OC.Cc1cc(C23CC4CC(CC(C4)C2)C3)c(O)c(C23CC4CC(CC(C4)C2)C3)c1. The Hall–Kier alpha value is -0.565. The number of hydrogen-bond acceptors (Lipinski definition) is 6. The van der Waals surface area contributed by atoms with Gasteiger partial charge in [0.15, 0.2) is 0 Å². The van der Waals surface area contributed by atoms with Crippen molar-refractivity contribution in [1.29, 1.82) is 0 Å². The zero-order valence-electron chi connectivity index (χ0n) is 27.6. The Labute approximate surface area is 269 Å². The molecule has 0 unspecified atom stereocenters. The van der Waals surface area contributed by atoms with Gasteiger partial charge in [-0.2, -0.15) is 0 Å². The summed E-state index contributed by atoms with van der Waals surface area (Å²) in [5.74, 6) is 6.39. The van der Waals surface area contributed by atoms with Gasteiger partial charge in [0.25, 0.3) is 0 Å². The number of aromatic hydroxyl groups is 1. The molecule has 2 N–H and O–H groups in total. The summed E-state index contributed by atoms with van der Waals surface area (Å²) >= 11 is -1.27. The van der Waals surface area contributed by atoms with Crippen LogP contribution in [-0.2, 0) is 45.6 Å². The summed E-state index contributed by atoms with van der Waals surface area (Å²) in [5.41, 5.74) is 4.99. The number of hydrogen-bond donors (Lipinski definition) is 2. The van der Waals surface area contributed by atoms with Crippen LogP contribution in [0, 0.1) is 47.8 Å². The molecule has 0 saturated heterocycles. The molecule has 0 atom stereocenters. The van der Waals surface area contributed by atoms with Gasteiger partial charge < -0.3 is 23.2 Å². The van der Waals surface area contributed by atoms with E-state index in [1.165, 1.54) is 115 Å². The maximum Gasteiger partial charge on any atom is 0.676 e. The van der Waals surface area contributed by atoms with E-state index in [1.54, 1.807) is 0 Å². The second kappa shape index (κ2) is 12.9. The molecule has 8 fully saturated rings. The van der Waals surface area contributed by atoms with Crippen molar-refractivity contribution in [2.24, 2.45) is 40.9 Å². The molecule has 9 rings (SSSR count). The molecule has 8 aliphatic carbocycles. The summed E-state index contributed by atoms with van der Waals surface area (Å²) in [5, 5.41) is 11.8. The molecule has 0 aromatic heterocycles. The molecule has 6 nitrogen and oxygen atoms in total. The molecule has 8 aliphatic rings. The Kier molecular flexibility index (Phi) is 10.1. The maximum atomic E-state index is 11.8. The van der Waals surface area contributed by atoms with Gasteiger partial charge in [-0.05, 0) is 130 Å². The van der Waals surface area contributed by atoms with Crippen molar-refractivity contribution < 1.29 is 44.6 Å². The molecule has 0 radical (unpaired) electrons. The minimum Gasteiger partial charge on any atom is -0.507 e.